The highest BCUT2D eigenvalue weighted by Gasteiger charge is 2.43. The van der Waals surface area contributed by atoms with Gasteiger partial charge in [-0.25, -0.2) is 4.39 Å². The third-order valence-electron chi connectivity index (χ3n) is 6.75. The fourth-order valence-corrected chi connectivity index (χ4v) is 4.68. The summed E-state index contributed by atoms with van der Waals surface area (Å²) in [6, 6.07) is 3.25. The minimum absolute atomic E-state index is 0.0225. The van der Waals surface area contributed by atoms with Gasteiger partial charge >= 0.3 is 6.18 Å². The maximum atomic E-state index is 14.3. The molecule has 1 aromatic heterocycles. The number of ether oxygens (including phenoxy) is 1. The van der Waals surface area contributed by atoms with Gasteiger partial charge in [-0.2, -0.15) is 18.3 Å². The Labute approximate surface area is 190 Å². The van der Waals surface area contributed by atoms with Crippen molar-refractivity contribution < 1.29 is 27.1 Å². The number of nitrogens with zero attached hydrogens (tertiary/aromatic N) is 3. The van der Waals surface area contributed by atoms with Gasteiger partial charge in [0.15, 0.2) is 0 Å². The summed E-state index contributed by atoms with van der Waals surface area (Å²) in [7, 11) is 1.48. The molecule has 1 aliphatic heterocycles. The first kappa shape index (κ1) is 23.3. The molecule has 2 aliphatic rings. The van der Waals surface area contributed by atoms with Crippen LogP contribution < -0.4 is 0 Å². The number of carbonyl (C=O) groups excluding carboxylic acids is 1. The Morgan fingerprint density at radius 2 is 1.91 bits per heavy atom. The van der Waals surface area contributed by atoms with Gasteiger partial charge in [-0.1, -0.05) is 6.58 Å². The van der Waals surface area contributed by atoms with E-state index < -0.39 is 36.2 Å². The van der Waals surface area contributed by atoms with Crippen LogP contribution >= 0.6 is 0 Å². The highest BCUT2D eigenvalue weighted by molar-refractivity contribution is 5.77. The summed E-state index contributed by atoms with van der Waals surface area (Å²) in [4.78, 5) is 14.9. The molecule has 1 aromatic carbocycles. The molecular weight excluding hydrogens is 438 g/mol. The Hall–Kier alpha value is -2.84. The van der Waals surface area contributed by atoms with Gasteiger partial charge in [-0.05, 0) is 68.0 Å². The summed E-state index contributed by atoms with van der Waals surface area (Å²) in [6.07, 6.45) is -2.50. The molecule has 0 bridgehead atoms. The molecule has 0 N–H and O–H groups in total. The van der Waals surface area contributed by atoms with Crippen molar-refractivity contribution in [3.05, 3.63) is 64.4 Å². The summed E-state index contributed by atoms with van der Waals surface area (Å²) in [6.45, 7) is 7.31. The molecule has 1 saturated heterocycles. The van der Waals surface area contributed by atoms with Gasteiger partial charge in [0, 0.05) is 18.4 Å². The van der Waals surface area contributed by atoms with E-state index in [1.54, 1.807) is 6.92 Å². The molecule has 2 heterocycles. The number of carbonyl (C=O) groups is 1. The molecule has 0 radical (unpaired) electrons. The highest BCUT2D eigenvalue weighted by atomic mass is 19.4. The number of benzene rings is 1. The lowest BCUT2D eigenvalue weighted by atomic mass is 9.88. The van der Waals surface area contributed by atoms with Crippen LogP contribution in [0.2, 0.25) is 0 Å². The first-order valence-electron chi connectivity index (χ1n) is 10.9. The van der Waals surface area contributed by atoms with E-state index in [2.05, 4.69) is 11.7 Å². The molecule has 0 unspecified atom stereocenters. The lowest BCUT2D eigenvalue weighted by molar-refractivity contribution is -0.146. The predicted octanol–water partition coefficient (Wildman–Crippen LogP) is 5.29. The second-order valence-corrected chi connectivity index (χ2v) is 8.92. The Kier molecular flexibility index (Phi) is 6.01. The van der Waals surface area contributed by atoms with E-state index >= 15 is 0 Å². The quantitative estimate of drug-likeness (QED) is 0.431. The lowest BCUT2D eigenvalue weighted by Crippen LogP contribution is -2.36. The molecule has 4 rings (SSSR count). The molecule has 1 amide bonds. The zero-order valence-corrected chi connectivity index (χ0v) is 18.9. The number of amides is 1. The van der Waals surface area contributed by atoms with Gasteiger partial charge in [0.25, 0.3) is 0 Å². The molecule has 5 nitrogen and oxygen atoms in total. The lowest BCUT2D eigenvalue weighted by Gasteiger charge is -2.31. The number of halogens is 4. The van der Waals surface area contributed by atoms with E-state index in [1.165, 1.54) is 24.1 Å². The highest BCUT2D eigenvalue weighted by Crippen LogP contribution is 2.44. The van der Waals surface area contributed by atoms with Crippen molar-refractivity contribution >= 4 is 5.91 Å². The zero-order chi connectivity index (χ0) is 24.1. The largest absolute Gasteiger partial charge is 0.501 e. The summed E-state index contributed by atoms with van der Waals surface area (Å²) in [5.41, 5.74) is 1.60. The van der Waals surface area contributed by atoms with Crippen molar-refractivity contribution in [1.29, 1.82) is 0 Å². The molecule has 2 aromatic rings. The van der Waals surface area contributed by atoms with Crippen molar-refractivity contribution in [2.45, 2.75) is 57.8 Å². The van der Waals surface area contributed by atoms with Crippen LogP contribution in [0.25, 0.3) is 0 Å². The first-order chi connectivity index (χ1) is 15.5. The van der Waals surface area contributed by atoms with Crippen molar-refractivity contribution in [1.82, 2.24) is 14.7 Å². The number of aryl methyl sites for hydroxylation is 1. The summed E-state index contributed by atoms with van der Waals surface area (Å²) >= 11 is 0. The predicted molar refractivity (Wildman–Crippen MR) is 114 cm³/mol. The number of rotatable bonds is 6. The molecule has 33 heavy (non-hydrogen) atoms. The minimum atomic E-state index is -4.62. The van der Waals surface area contributed by atoms with Crippen LogP contribution in [0.3, 0.4) is 0 Å². The zero-order valence-electron chi connectivity index (χ0n) is 18.9. The fraction of sp³-hybridized carbons (Fsp3) is 0.500. The molecule has 0 spiro atoms. The van der Waals surface area contributed by atoms with Crippen LogP contribution in [0.4, 0.5) is 17.6 Å². The topological polar surface area (TPSA) is 47.4 Å². The number of likely N-dealkylation sites (tertiary alicyclic amines) is 1. The van der Waals surface area contributed by atoms with Crippen molar-refractivity contribution in [2.75, 3.05) is 13.7 Å². The Balaban J connectivity index is 1.69. The summed E-state index contributed by atoms with van der Waals surface area (Å²) in [5.74, 6) is -0.782. The Bertz CT molecular complexity index is 1090. The van der Waals surface area contributed by atoms with Gasteiger partial charge in [-0.3, -0.25) is 9.48 Å². The molecule has 1 saturated carbocycles. The average molecular weight is 465 g/mol. The molecular formula is C24H27F4N3O2. The van der Waals surface area contributed by atoms with Crippen LogP contribution in [-0.4, -0.2) is 34.2 Å². The third-order valence-corrected chi connectivity index (χ3v) is 6.75. The maximum Gasteiger partial charge on any atom is 0.433 e. The summed E-state index contributed by atoms with van der Waals surface area (Å²) in [5, 5.41) is 4.11. The number of hydrogen-bond acceptors (Lipinski definition) is 3. The Morgan fingerprint density at radius 3 is 2.52 bits per heavy atom. The number of aromatic nitrogens is 2. The van der Waals surface area contributed by atoms with E-state index in [1.807, 2.05) is 6.92 Å². The van der Waals surface area contributed by atoms with Gasteiger partial charge in [0.05, 0.1) is 24.6 Å². The molecule has 1 aliphatic carbocycles. The third kappa shape index (κ3) is 4.50. The van der Waals surface area contributed by atoms with E-state index in [0.29, 0.717) is 30.0 Å². The smallest absolute Gasteiger partial charge is 0.433 e. The first-order valence-corrected chi connectivity index (χ1v) is 10.9. The van der Waals surface area contributed by atoms with Crippen LogP contribution in [0.15, 0.2) is 30.5 Å². The van der Waals surface area contributed by atoms with Crippen LogP contribution in [-0.2, 0) is 22.3 Å². The van der Waals surface area contributed by atoms with Crippen LogP contribution in [0.5, 0.6) is 0 Å². The summed E-state index contributed by atoms with van der Waals surface area (Å²) < 4.78 is 61.3. The van der Waals surface area contributed by atoms with Crippen LogP contribution in [0.1, 0.15) is 59.3 Å². The van der Waals surface area contributed by atoms with Crippen LogP contribution in [0, 0.1) is 25.6 Å². The molecule has 9 heteroatoms. The molecule has 2 atom stereocenters. The molecule has 2 fully saturated rings. The standard InChI is InChI=1S/C24H27F4N3O2/c1-13-9-17(25)10-19(14(13)2)23-18(15(3)33-4)7-8-30(23)22(32)12-31-21(24(26,27)28)11-20(29-31)16-5-6-16/h9-11,16,18,23H,3,5-8,12H2,1-2,4H3/t18-,23-/m0/s1. The number of methoxy groups -OCH3 is 1. The number of hydrogen-bond donors (Lipinski definition) is 0. The second-order valence-electron chi connectivity index (χ2n) is 8.92. The maximum absolute atomic E-state index is 14.3. The van der Waals surface area contributed by atoms with Crippen molar-refractivity contribution in [3.63, 3.8) is 0 Å². The van der Waals surface area contributed by atoms with Gasteiger partial charge < -0.3 is 9.64 Å². The monoisotopic (exact) mass is 465 g/mol. The second kappa shape index (κ2) is 8.50. The Morgan fingerprint density at radius 1 is 1.21 bits per heavy atom. The minimum Gasteiger partial charge on any atom is -0.501 e. The fourth-order valence-electron chi connectivity index (χ4n) is 4.68. The number of alkyl halides is 3. The van der Waals surface area contributed by atoms with E-state index in [4.69, 9.17) is 4.74 Å². The van der Waals surface area contributed by atoms with Gasteiger partial charge in [-0.15, -0.1) is 0 Å². The normalized spacial score (nSPS) is 20.9. The van der Waals surface area contributed by atoms with Gasteiger partial charge in [0.2, 0.25) is 5.91 Å². The average Bonchev–Trinajstić information content (AvgIpc) is 3.34. The van der Waals surface area contributed by atoms with Crippen molar-refractivity contribution in [3.8, 4) is 0 Å². The molecule has 178 valence electrons. The van der Waals surface area contributed by atoms with Crippen molar-refractivity contribution in [2.24, 2.45) is 5.92 Å². The van der Waals surface area contributed by atoms with Gasteiger partial charge in [0.1, 0.15) is 18.1 Å². The SMILES string of the molecule is C=C(OC)[C@@H]1CCN(C(=O)Cn2nc(C3CC3)cc2C(F)(F)F)[C@@H]1c1cc(F)cc(C)c1C. The van der Waals surface area contributed by atoms with E-state index in [9.17, 15) is 22.4 Å². The van der Waals surface area contributed by atoms with E-state index in [-0.39, 0.29) is 11.8 Å². The van der Waals surface area contributed by atoms with E-state index in [0.717, 1.165) is 34.7 Å².